The Labute approximate surface area is 162 Å². The van der Waals surface area contributed by atoms with Crippen LogP contribution in [0.15, 0.2) is 42.5 Å². The topological polar surface area (TPSA) is 73.6 Å². The van der Waals surface area contributed by atoms with Crippen LogP contribution >= 0.6 is 7.82 Å². The minimum Gasteiger partial charge on any atom is -0.404 e. The number of phosphoric ester groups is 1. The summed E-state index contributed by atoms with van der Waals surface area (Å²) in [7, 11) is -4.13. The third-order valence-electron chi connectivity index (χ3n) is 4.99. The molecule has 6 nitrogen and oxygen atoms in total. The lowest BCUT2D eigenvalue weighted by Crippen LogP contribution is -2.07. The Morgan fingerprint density at radius 1 is 1.21 bits per heavy atom. The molecule has 1 aliphatic rings. The van der Waals surface area contributed by atoms with Gasteiger partial charge in [0.05, 0.1) is 12.6 Å². The van der Waals surface area contributed by atoms with Crippen molar-refractivity contribution in [3.8, 4) is 17.0 Å². The number of hydrogen-bond acceptors (Lipinski definition) is 4. The van der Waals surface area contributed by atoms with Gasteiger partial charge < -0.3 is 4.52 Å². The molecule has 1 saturated carbocycles. The predicted molar refractivity (Wildman–Crippen MR) is 105 cm³/mol. The number of fused-ring (bicyclic) bond motifs is 1. The zero-order chi connectivity index (χ0) is 19.7. The molecule has 1 atom stereocenters. The van der Waals surface area contributed by atoms with Crippen LogP contribution < -0.4 is 4.52 Å². The van der Waals surface area contributed by atoms with E-state index in [2.05, 4.69) is 0 Å². The number of halogens is 1. The molecule has 1 aromatic heterocycles. The van der Waals surface area contributed by atoms with E-state index >= 15 is 0 Å². The minimum atomic E-state index is -4.13. The Balaban J connectivity index is 1.71. The van der Waals surface area contributed by atoms with Gasteiger partial charge in [-0.25, -0.2) is 8.96 Å². The van der Waals surface area contributed by atoms with Gasteiger partial charge in [0.1, 0.15) is 22.8 Å². The lowest BCUT2D eigenvalue weighted by Gasteiger charge is -2.12. The number of phosphoric acid groups is 1. The molecule has 1 heterocycles. The first-order valence-electron chi connectivity index (χ1n) is 9.42. The highest BCUT2D eigenvalue weighted by Gasteiger charge is 2.25. The highest BCUT2D eigenvalue weighted by Crippen LogP contribution is 2.44. The van der Waals surface area contributed by atoms with Gasteiger partial charge >= 0.3 is 7.82 Å². The minimum absolute atomic E-state index is 0.0714. The fraction of sp³-hybridized carbons (Fsp3) is 0.350. The smallest absolute Gasteiger partial charge is 0.404 e. The summed E-state index contributed by atoms with van der Waals surface area (Å²) in [6.45, 7) is 1.68. The van der Waals surface area contributed by atoms with Crippen molar-refractivity contribution in [1.29, 1.82) is 0 Å². The lowest BCUT2D eigenvalue weighted by atomic mass is 10.1. The number of para-hydroxylation sites is 1. The molecule has 0 bridgehead atoms. The van der Waals surface area contributed by atoms with Gasteiger partial charge in [0.2, 0.25) is 0 Å². The van der Waals surface area contributed by atoms with Gasteiger partial charge in [-0.05, 0) is 50.1 Å². The Bertz CT molecular complexity index is 1030. The maximum Gasteiger partial charge on any atom is 0.527 e. The highest BCUT2D eigenvalue weighted by molar-refractivity contribution is 7.47. The number of aromatic nitrogens is 2. The Morgan fingerprint density at radius 3 is 2.61 bits per heavy atom. The van der Waals surface area contributed by atoms with Crippen molar-refractivity contribution >= 4 is 18.7 Å². The molecule has 0 amide bonds. The summed E-state index contributed by atoms with van der Waals surface area (Å²) in [4.78, 5) is 9.60. The summed E-state index contributed by atoms with van der Waals surface area (Å²) < 4.78 is 37.9. The number of hydrogen-bond donors (Lipinski definition) is 1. The van der Waals surface area contributed by atoms with Gasteiger partial charge in [0, 0.05) is 10.9 Å². The van der Waals surface area contributed by atoms with Crippen molar-refractivity contribution in [2.75, 3.05) is 6.61 Å². The molecular formula is C20H22FN2O4P. The standard InChI is InChI=1S/C20H22FN2O4P/c1-2-26-28(24,25)27-16-12-10-14(11-13-16)19-17-8-5-9-18(21)20(17)23(22-19)15-6-3-4-7-15/h5,8-13,15H,2-4,6-7H2,1H3,(H,24,25). The van der Waals surface area contributed by atoms with Gasteiger partial charge in [-0.15, -0.1) is 0 Å². The monoisotopic (exact) mass is 404 g/mol. The van der Waals surface area contributed by atoms with E-state index in [1.54, 1.807) is 37.3 Å². The summed E-state index contributed by atoms with van der Waals surface area (Å²) in [6, 6.07) is 11.9. The van der Waals surface area contributed by atoms with Crippen LogP contribution in [0.25, 0.3) is 22.2 Å². The molecule has 0 aliphatic heterocycles. The Hall–Kier alpha value is -2.21. The van der Waals surface area contributed by atoms with E-state index in [1.165, 1.54) is 6.07 Å². The van der Waals surface area contributed by atoms with Crippen molar-refractivity contribution in [2.24, 2.45) is 0 Å². The molecule has 148 valence electrons. The van der Waals surface area contributed by atoms with E-state index in [1.807, 2.05) is 10.7 Å². The molecule has 1 N–H and O–H groups in total. The normalized spacial score (nSPS) is 17.1. The average Bonchev–Trinajstić information content (AvgIpc) is 3.30. The molecule has 1 fully saturated rings. The molecule has 0 radical (unpaired) electrons. The van der Waals surface area contributed by atoms with E-state index in [0.29, 0.717) is 11.2 Å². The summed E-state index contributed by atoms with van der Waals surface area (Å²) in [5, 5.41) is 5.50. The number of nitrogens with zero attached hydrogens (tertiary/aromatic N) is 2. The molecule has 0 spiro atoms. The molecule has 28 heavy (non-hydrogen) atoms. The second-order valence-corrected chi connectivity index (χ2v) is 8.25. The second-order valence-electron chi connectivity index (χ2n) is 6.87. The van der Waals surface area contributed by atoms with E-state index < -0.39 is 7.82 Å². The third-order valence-corrected chi connectivity index (χ3v) is 6.02. The number of rotatable bonds is 6. The number of benzene rings is 2. The third kappa shape index (κ3) is 3.70. The van der Waals surface area contributed by atoms with Crippen LogP contribution in [0.3, 0.4) is 0 Å². The fourth-order valence-electron chi connectivity index (χ4n) is 3.77. The lowest BCUT2D eigenvalue weighted by molar-refractivity contribution is 0.213. The van der Waals surface area contributed by atoms with Crippen LogP contribution in [0.5, 0.6) is 5.75 Å². The van der Waals surface area contributed by atoms with Crippen molar-refractivity contribution in [3.05, 3.63) is 48.3 Å². The molecule has 1 unspecified atom stereocenters. The van der Waals surface area contributed by atoms with Crippen LogP contribution in [0.2, 0.25) is 0 Å². The summed E-state index contributed by atoms with van der Waals surface area (Å²) in [6.07, 6.45) is 4.26. The van der Waals surface area contributed by atoms with Gasteiger partial charge in [0.15, 0.2) is 0 Å². The molecule has 8 heteroatoms. The summed E-state index contributed by atoms with van der Waals surface area (Å²) >= 11 is 0. The second kappa shape index (κ2) is 7.66. The van der Waals surface area contributed by atoms with Crippen LogP contribution in [0, 0.1) is 5.82 Å². The predicted octanol–water partition coefficient (Wildman–Crippen LogP) is 5.47. The molecular weight excluding hydrogens is 382 g/mol. The molecule has 2 aromatic carbocycles. The van der Waals surface area contributed by atoms with Crippen LogP contribution in [-0.2, 0) is 9.09 Å². The first kappa shape index (κ1) is 19.1. The quantitative estimate of drug-likeness (QED) is 0.551. The molecule has 3 aromatic rings. The average molecular weight is 404 g/mol. The maximum absolute atomic E-state index is 14.6. The first-order chi connectivity index (χ1) is 13.5. The molecule has 0 saturated heterocycles. The van der Waals surface area contributed by atoms with Crippen LogP contribution in [0.1, 0.15) is 38.6 Å². The Morgan fingerprint density at radius 2 is 1.93 bits per heavy atom. The molecule has 4 rings (SSSR count). The summed E-state index contributed by atoms with van der Waals surface area (Å²) in [5.41, 5.74) is 2.00. The molecule has 1 aliphatic carbocycles. The highest BCUT2D eigenvalue weighted by atomic mass is 31.2. The Kier molecular flexibility index (Phi) is 5.23. The van der Waals surface area contributed by atoms with Crippen molar-refractivity contribution < 1.29 is 22.9 Å². The van der Waals surface area contributed by atoms with Gasteiger partial charge in [-0.1, -0.05) is 25.0 Å². The van der Waals surface area contributed by atoms with Gasteiger partial charge in [-0.2, -0.15) is 5.10 Å². The van der Waals surface area contributed by atoms with Gasteiger partial charge in [0.25, 0.3) is 0 Å². The van der Waals surface area contributed by atoms with Crippen LogP contribution in [0.4, 0.5) is 4.39 Å². The zero-order valence-corrected chi connectivity index (χ0v) is 16.4. The van der Waals surface area contributed by atoms with E-state index in [0.717, 1.165) is 36.6 Å². The van der Waals surface area contributed by atoms with Crippen molar-refractivity contribution in [2.45, 2.75) is 38.6 Å². The van der Waals surface area contributed by atoms with E-state index in [9.17, 15) is 13.8 Å². The van der Waals surface area contributed by atoms with E-state index in [-0.39, 0.29) is 24.2 Å². The maximum atomic E-state index is 14.6. The fourth-order valence-corrected chi connectivity index (χ4v) is 4.54. The first-order valence-corrected chi connectivity index (χ1v) is 10.9. The largest absolute Gasteiger partial charge is 0.527 e. The SMILES string of the molecule is CCOP(=O)(O)Oc1ccc(-c2nn(C3CCCC3)c3c(F)cccc23)cc1. The van der Waals surface area contributed by atoms with Crippen molar-refractivity contribution in [3.63, 3.8) is 0 Å². The summed E-state index contributed by atoms with van der Waals surface area (Å²) in [5.74, 6) is -0.0604. The van der Waals surface area contributed by atoms with E-state index in [4.69, 9.17) is 14.1 Å². The zero-order valence-electron chi connectivity index (χ0n) is 15.5. The van der Waals surface area contributed by atoms with Crippen LogP contribution in [-0.4, -0.2) is 21.3 Å². The van der Waals surface area contributed by atoms with Gasteiger partial charge in [-0.3, -0.25) is 14.1 Å². The van der Waals surface area contributed by atoms with Crippen molar-refractivity contribution in [1.82, 2.24) is 9.78 Å².